The first kappa shape index (κ1) is 11.2. The van der Waals surface area contributed by atoms with Gasteiger partial charge in [0, 0.05) is 29.7 Å². The van der Waals surface area contributed by atoms with Crippen molar-refractivity contribution in [2.45, 2.75) is 6.42 Å². The molecule has 4 nitrogen and oxygen atoms in total. The smallest absolute Gasteiger partial charge is 0.550 e. The van der Waals surface area contributed by atoms with Gasteiger partial charge in [0.05, 0.1) is 0 Å². The number of aliphatic carboxylic acids is 1. The van der Waals surface area contributed by atoms with Crippen LogP contribution in [0.5, 0.6) is 0 Å². The number of carboxylic acids is 1. The Labute approximate surface area is 103 Å². The number of carboxylic acid groups (broad SMARTS) is 1. The van der Waals surface area contributed by atoms with Crippen LogP contribution in [0.2, 0.25) is 0 Å². The summed E-state index contributed by atoms with van der Waals surface area (Å²) in [5.74, 6) is -1.11. The van der Waals surface area contributed by atoms with Crippen LogP contribution >= 0.6 is 0 Å². The maximum absolute atomic E-state index is 10.3. The number of hydrogen-bond donors (Lipinski definition) is 1. The number of H-pyrrole nitrogens is 1. The number of nitrogens with zero attached hydrogens (tertiary/aromatic N) is 1. The molecular weight excluding hydrogens is 191 g/mol. The van der Waals surface area contributed by atoms with E-state index in [4.69, 9.17) is 0 Å². The minimum atomic E-state index is -1.11. The Bertz CT molecular complexity index is 453. The van der Waals surface area contributed by atoms with Crippen LogP contribution in [0.3, 0.4) is 0 Å². The van der Waals surface area contributed by atoms with E-state index in [2.05, 4.69) is 9.97 Å². The minimum absolute atomic E-state index is 0. The first-order valence-corrected chi connectivity index (χ1v) is 3.88. The van der Waals surface area contributed by atoms with Gasteiger partial charge in [-0.3, -0.25) is 0 Å². The topological polar surface area (TPSA) is 68.8 Å². The normalized spacial score (nSPS) is 9.71. The fourth-order valence-corrected chi connectivity index (χ4v) is 1.22. The van der Waals surface area contributed by atoms with E-state index in [1.165, 1.54) is 0 Å². The van der Waals surface area contributed by atoms with Crippen LogP contribution in [0.1, 0.15) is 5.69 Å². The summed E-state index contributed by atoms with van der Waals surface area (Å²) in [6, 6.07) is 5.40. The maximum atomic E-state index is 10.3. The van der Waals surface area contributed by atoms with E-state index in [1.54, 1.807) is 12.3 Å². The van der Waals surface area contributed by atoms with E-state index < -0.39 is 5.97 Å². The van der Waals surface area contributed by atoms with Gasteiger partial charge in [-0.05, 0) is 18.2 Å². The van der Waals surface area contributed by atoms with Crippen molar-refractivity contribution in [2.75, 3.05) is 0 Å². The van der Waals surface area contributed by atoms with Crippen molar-refractivity contribution >= 4 is 17.0 Å². The number of rotatable bonds is 2. The van der Waals surface area contributed by atoms with Crippen LogP contribution in [-0.2, 0) is 11.2 Å². The number of hydrogen-bond acceptors (Lipinski definition) is 3. The Morgan fingerprint density at radius 3 is 2.93 bits per heavy atom. The van der Waals surface area contributed by atoms with Crippen LogP contribution in [0.25, 0.3) is 11.0 Å². The SMILES string of the molecule is O=C([O-])Cc1ccc2cc[nH]c2n1.[Na+]. The molecule has 2 rings (SSSR count). The molecule has 0 bridgehead atoms. The summed E-state index contributed by atoms with van der Waals surface area (Å²) in [7, 11) is 0. The van der Waals surface area contributed by atoms with Gasteiger partial charge in [0.15, 0.2) is 0 Å². The van der Waals surface area contributed by atoms with Gasteiger partial charge in [-0.25, -0.2) is 4.98 Å². The molecule has 0 saturated heterocycles. The Morgan fingerprint density at radius 1 is 1.43 bits per heavy atom. The molecule has 0 aromatic carbocycles. The monoisotopic (exact) mass is 198 g/mol. The number of pyridine rings is 1. The van der Waals surface area contributed by atoms with E-state index >= 15 is 0 Å². The van der Waals surface area contributed by atoms with E-state index in [-0.39, 0.29) is 36.0 Å². The van der Waals surface area contributed by atoms with Gasteiger partial charge >= 0.3 is 29.6 Å². The van der Waals surface area contributed by atoms with Crippen molar-refractivity contribution in [1.82, 2.24) is 9.97 Å². The molecule has 0 aliphatic rings. The van der Waals surface area contributed by atoms with Crippen molar-refractivity contribution in [1.29, 1.82) is 0 Å². The molecule has 1 N–H and O–H groups in total. The third-order valence-electron chi connectivity index (χ3n) is 1.79. The molecule has 0 amide bonds. The summed E-state index contributed by atoms with van der Waals surface area (Å²) in [4.78, 5) is 17.3. The van der Waals surface area contributed by atoms with Crippen LogP contribution in [-0.4, -0.2) is 15.9 Å². The van der Waals surface area contributed by atoms with Gasteiger partial charge in [0.2, 0.25) is 0 Å². The van der Waals surface area contributed by atoms with Crippen molar-refractivity contribution in [3.63, 3.8) is 0 Å². The summed E-state index contributed by atoms with van der Waals surface area (Å²) in [5, 5.41) is 11.3. The van der Waals surface area contributed by atoms with Gasteiger partial charge < -0.3 is 14.9 Å². The average Bonchev–Trinajstić information content (AvgIpc) is 2.49. The maximum Gasteiger partial charge on any atom is 1.00 e. The first-order valence-electron chi connectivity index (χ1n) is 3.88. The molecule has 0 aliphatic heterocycles. The number of carbonyl (C=O) groups is 1. The molecule has 0 saturated carbocycles. The molecule has 0 fully saturated rings. The van der Waals surface area contributed by atoms with Crippen LogP contribution in [0, 0.1) is 0 Å². The molecular formula is C9H7N2NaO2. The third-order valence-corrected chi connectivity index (χ3v) is 1.79. The van der Waals surface area contributed by atoms with E-state index in [0.717, 1.165) is 5.39 Å². The zero-order valence-corrected chi connectivity index (χ0v) is 9.78. The molecule has 0 unspecified atom stereocenters. The second-order valence-electron chi connectivity index (χ2n) is 2.77. The van der Waals surface area contributed by atoms with Crippen LogP contribution in [0.15, 0.2) is 24.4 Å². The largest absolute Gasteiger partial charge is 1.00 e. The summed E-state index contributed by atoms with van der Waals surface area (Å²) < 4.78 is 0. The fourth-order valence-electron chi connectivity index (χ4n) is 1.22. The van der Waals surface area contributed by atoms with Crippen molar-refractivity contribution in [3.05, 3.63) is 30.1 Å². The Balaban J connectivity index is 0.000000980. The summed E-state index contributed by atoms with van der Waals surface area (Å²) in [5.41, 5.74) is 1.22. The second-order valence-corrected chi connectivity index (χ2v) is 2.77. The molecule has 0 atom stereocenters. The fraction of sp³-hybridized carbons (Fsp3) is 0.111. The molecule has 2 heterocycles. The van der Waals surface area contributed by atoms with Gasteiger partial charge in [-0.15, -0.1) is 0 Å². The van der Waals surface area contributed by atoms with E-state index in [0.29, 0.717) is 11.3 Å². The van der Waals surface area contributed by atoms with Crippen molar-refractivity contribution in [3.8, 4) is 0 Å². The predicted molar refractivity (Wildman–Crippen MR) is 44.8 cm³/mol. The molecule has 2 aromatic rings. The number of nitrogens with one attached hydrogen (secondary N) is 1. The quantitative estimate of drug-likeness (QED) is 0.518. The van der Waals surface area contributed by atoms with Crippen LogP contribution < -0.4 is 34.7 Å². The zero-order chi connectivity index (χ0) is 9.26. The number of carbonyl (C=O) groups excluding carboxylic acids is 1. The van der Waals surface area contributed by atoms with Gasteiger partial charge in [0.25, 0.3) is 0 Å². The molecule has 2 aromatic heterocycles. The molecule has 0 spiro atoms. The average molecular weight is 198 g/mol. The van der Waals surface area contributed by atoms with Gasteiger partial charge in [-0.1, -0.05) is 0 Å². The Kier molecular flexibility index (Phi) is 3.69. The Hall–Kier alpha value is -0.840. The second kappa shape index (κ2) is 4.59. The number of aromatic nitrogens is 2. The van der Waals surface area contributed by atoms with E-state index in [9.17, 15) is 9.90 Å². The van der Waals surface area contributed by atoms with Crippen molar-refractivity contribution < 1.29 is 39.5 Å². The third kappa shape index (κ3) is 2.35. The summed E-state index contributed by atoms with van der Waals surface area (Å²) in [6.45, 7) is 0. The molecule has 66 valence electrons. The Morgan fingerprint density at radius 2 is 2.21 bits per heavy atom. The zero-order valence-electron chi connectivity index (χ0n) is 7.78. The standard InChI is InChI=1S/C9H8N2O2.Na/c12-8(13)5-7-2-1-6-3-4-10-9(6)11-7;/h1-4H,5H2,(H,10,11)(H,12,13);/q;+1/p-1. The number of fused-ring (bicyclic) bond motifs is 1. The first-order chi connectivity index (χ1) is 6.25. The summed E-state index contributed by atoms with van der Waals surface area (Å²) in [6.07, 6.45) is 1.62. The number of aromatic amines is 1. The molecule has 5 heteroatoms. The molecule has 0 aliphatic carbocycles. The van der Waals surface area contributed by atoms with Gasteiger partial charge in [0.1, 0.15) is 5.65 Å². The van der Waals surface area contributed by atoms with E-state index in [1.807, 2.05) is 12.1 Å². The predicted octanol–water partition coefficient (Wildman–Crippen LogP) is -3.14. The minimum Gasteiger partial charge on any atom is -0.550 e. The van der Waals surface area contributed by atoms with Gasteiger partial charge in [-0.2, -0.15) is 0 Å². The summed E-state index contributed by atoms with van der Waals surface area (Å²) >= 11 is 0. The van der Waals surface area contributed by atoms with Crippen LogP contribution in [0.4, 0.5) is 0 Å². The molecule has 0 radical (unpaired) electrons. The van der Waals surface area contributed by atoms with Crippen molar-refractivity contribution in [2.24, 2.45) is 0 Å². The molecule has 14 heavy (non-hydrogen) atoms.